The smallest absolute Gasteiger partial charge is 0.339 e. The van der Waals surface area contributed by atoms with Crippen molar-refractivity contribution in [2.45, 2.75) is 38.3 Å². The van der Waals surface area contributed by atoms with Gasteiger partial charge in [0.25, 0.3) is 5.56 Å². The number of carbonyl (C=O) groups is 1. The number of H-pyrrole nitrogens is 1. The van der Waals surface area contributed by atoms with Crippen molar-refractivity contribution in [1.82, 2.24) is 25.1 Å². The van der Waals surface area contributed by atoms with Crippen LogP contribution >= 0.6 is 0 Å². The SMILES string of the molecule is Cc1c2c(n[nH]c1=O)[C@H](CC(=O)N1CCN(c3ncc(C(F)(F)F)cn3)CC1)CC2. The Bertz CT molecular complexity index is 997. The first-order valence-electron chi connectivity index (χ1n) is 9.74. The largest absolute Gasteiger partial charge is 0.419 e. The van der Waals surface area contributed by atoms with E-state index in [1.807, 2.05) is 0 Å². The molecule has 2 aromatic rings. The predicted octanol–water partition coefficient (Wildman–Crippen LogP) is 1.66. The van der Waals surface area contributed by atoms with Crippen LogP contribution in [0.2, 0.25) is 0 Å². The molecule has 30 heavy (non-hydrogen) atoms. The van der Waals surface area contributed by atoms with Crippen molar-refractivity contribution in [3.8, 4) is 0 Å². The van der Waals surface area contributed by atoms with Crippen molar-refractivity contribution in [1.29, 1.82) is 0 Å². The fourth-order valence-corrected chi connectivity index (χ4v) is 4.03. The van der Waals surface area contributed by atoms with E-state index >= 15 is 0 Å². The van der Waals surface area contributed by atoms with Gasteiger partial charge in [0.15, 0.2) is 0 Å². The minimum Gasteiger partial charge on any atom is -0.339 e. The molecule has 4 rings (SSSR count). The highest BCUT2D eigenvalue weighted by Crippen LogP contribution is 2.34. The van der Waals surface area contributed by atoms with Crippen molar-refractivity contribution >= 4 is 11.9 Å². The van der Waals surface area contributed by atoms with Gasteiger partial charge < -0.3 is 9.80 Å². The Labute approximate surface area is 170 Å². The first-order chi connectivity index (χ1) is 14.2. The van der Waals surface area contributed by atoms with Gasteiger partial charge in [0, 0.05) is 56.5 Å². The van der Waals surface area contributed by atoms with E-state index in [0.29, 0.717) is 38.2 Å². The number of halogens is 3. The van der Waals surface area contributed by atoms with Gasteiger partial charge in [0.2, 0.25) is 11.9 Å². The van der Waals surface area contributed by atoms with E-state index in [-0.39, 0.29) is 23.3 Å². The summed E-state index contributed by atoms with van der Waals surface area (Å²) in [5.41, 5.74) is 1.34. The second-order valence-corrected chi connectivity index (χ2v) is 7.62. The molecule has 1 amide bonds. The Morgan fingerprint density at radius 1 is 1.20 bits per heavy atom. The zero-order chi connectivity index (χ0) is 21.5. The third-order valence-electron chi connectivity index (χ3n) is 5.81. The number of anilines is 1. The standard InChI is InChI=1S/C19H21F3N6O2/c1-11-14-3-2-12(16(14)25-26-17(11)30)8-15(29)27-4-6-28(7-5-27)18-23-9-13(10-24-18)19(20,21)22/h9-10,12H,2-8H2,1H3,(H,26,30)/t12-/m0/s1. The summed E-state index contributed by atoms with van der Waals surface area (Å²) >= 11 is 0. The zero-order valence-electron chi connectivity index (χ0n) is 16.4. The van der Waals surface area contributed by atoms with Gasteiger partial charge in [-0.1, -0.05) is 0 Å². The topological polar surface area (TPSA) is 95.1 Å². The van der Waals surface area contributed by atoms with Crippen molar-refractivity contribution < 1.29 is 18.0 Å². The van der Waals surface area contributed by atoms with E-state index < -0.39 is 11.7 Å². The number of nitrogens with zero attached hydrogens (tertiary/aromatic N) is 5. The lowest BCUT2D eigenvalue weighted by Gasteiger charge is -2.35. The van der Waals surface area contributed by atoms with Gasteiger partial charge in [-0.2, -0.15) is 18.3 Å². The number of aromatic amines is 1. The van der Waals surface area contributed by atoms with Crippen LogP contribution in [0, 0.1) is 6.92 Å². The number of hydrogen-bond donors (Lipinski definition) is 1. The molecule has 2 aromatic heterocycles. The number of piperazine rings is 1. The molecule has 0 spiro atoms. The molecule has 8 nitrogen and oxygen atoms in total. The first kappa shape index (κ1) is 20.3. The quantitative estimate of drug-likeness (QED) is 0.809. The molecule has 0 bridgehead atoms. The molecule has 2 aliphatic rings. The van der Waals surface area contributed by atoms with Gasteiger partial charge in [0.1, 0.15) is 0 Å². The van der Waals surface area contributed by atoms with Crippen molar-refractivity contribution in [2.75, 3.05) is 31.1 Å². The van der Waals surface area contributed by atoms with Gasteiger partial charge in [0.05, 0.1) is 11.3 Å². The average molecular weight is 422 g/mol. The highest BCUT2D eigenvalue weighted by molar-refractivity contribution is 5.77. The molecule has 1 saturated heterocycles. The molecule has 1 aliphatic heterocycles. The summed E-state index contributed by atoms with van der Waals surface area (Å²) in [6, 6.07) is 0. The first-order valence-corrected chi connectivity index (χ1v) is 9.74. The second kappa shape index (κ2) is 7.69. The van der Waals surface area contributed by atoms with Crippen LogP contribution in [-0.2, 0) is 17.4 Å². The second-order valence-electron chi connectivity index (χ2n) is 7.62. The summed E-state index contributed by atoms with van der Waals surface area (Å²) in [5.74, 6) is 0.217. The average Bonchev–Trinajstić information content (AvgIpc) is 3.13. The Morgan fingerprint density at radius 2 is 1.87 bits per heavy atom. The minimum atomic E-state index is -4.47. The molecule has 1 atom stereocenters. The Balaban J connectivity index is 1.35. The summed E-state index contributed by atoms with van der Waals surface area (Å²) in [6.45, 7) is 3.56. The Hall–Kier alpha value is -2.98. The van der Waals surface area contributed by atoms with Crippen LogP contribution in [0.5, 0.6) is 0 Å². The normalized spacial score (nSPS) is 19.1. The number of nitrogens with one attached hydrogen (secondary N) is 1. The monoisotopic (exact) mass is 422 g/mol. The fraction of sp³-hybridized carbons (Fsp3) is 0.526. The molecule has 1 N–H and O–H groups in total. The zero-order valence-corrected chi connectivity index (χ0v) is 16.4. The predicted molar refractivity (Wildman–Crippen MR) is 101 cm³/mol. The maximum absolute atomic E-state index is 12.8. The van der Waals surface area contributed by atoms with Crippen LogP contribution in [-0.4, -0.2) is 57.2 Å². The summed E-state index contributed by atoms with van der Waals surface area (Å²) in [6.07, 6.45) is -1.07. The molecular weight excluding hydrogens is 401 g/mol. The molecular formula is C19H21F3N6O2. The number of hydrogen-bond acceptors (Lipinski definition) is 6. The van der Waals surface area contributed by atoms with E-state index in [4.69, 9.17) is 0 Å². The van der Waals surface area contributed by atoms with Crippen molar-refractivity contribution in [2.24, 2.45) is 0 Å². The molecule has 11 heteroatoms. The van der Waals surface area contributed by atoms with E-state index in [9.17, 15) is 22.8 Å². The maximum atomic E-state index is 12.8. The number of alkyl halides is 3. The minimum absolute atomic E-state index is 0.00601. The molecule has 0 saturated carbocycles. The molecule has 160 valence electrons. The number of amides is 1. The van der Waals surface area contributed by atoms with E-state index in [2.05, 4.69) is 20.2 Å². The molecule has 0 radical (unpaired) electrons. The van der Waals surface area contributed by atoms with Crippen LogP contribution in [0.3, 0.4) is 0 Å². The number of fused-ring (bicyclic) bond motifs is 1. The van der Waals surface area contributed by atoms with Crippen LogP contribution < -0.4 is 10.5 Å². The number of carbonyl (C=O) groups excluding carboxylic acids is 1. The van der Waals surface area contributed by atoms with Gasteiger partial charge in [-0.15, -0.1) is 0 Å². The number of rotatable bonds is 3. The van der Waals surface area contributed by atoms with E-state index in [1.165, 1.54) is 0 Å². The third-order valence-corrected chi connectivity index (χ3v) is 5.81. The molecule has 1 aliphatic carbocycles. The highest BCUT2D eigenvalue weighted by Gasteiger charge is 2.33. The molecule has 1 fully saturated rings. The summed E-state index contributed by atoms with van der Waals surface area (Å²) in [4.78, 5) is 35.6. The van der Waals surface area contributed by atoms with Crippen molar-refractivity contribution in [3.05, 3.63) is 45.1 Å². The van der Waals surface area contributed by atoms with Crippen LogP contribution in [0.15, 0.2) is 17.2 Å². The molecule has 0 aromatic carbocycles. The highest BCUT2D eigenvalue weighted by atomic mass is 19.4. The molecule has 0 unspecified atom stereocenters. The van der Waals surface area contributed by atoms with Crippen molar-refractivity contribution in [3.63, 3.8) is 0 Å². The summed E-state index contributed by atoms with van der Waals surface area (Å²) in [5, 5.41) is 6.66. The van der Waals surface area contributed by atoms with E-state index in [0.717, 1.165) is 36.5 Å². The van der Waals surface area contributed by atoms with Gasteiger partial charge in [-0.25, -0.2) is 15.1 Å². The van der Waals surface area contributed by atoms with Gasteiger partial charge in [-0.3, -0.25) is 9.59 Å². The fourth-order valence-electron chi connectivity index (χ4n) is 4.03. The lowest BCUT2D eigenvalue weighted by molar-refractivity contribution is -0.138. The summed E-state index contributed by atoms with van der Waals surface area (Å²) < 4.78 is 37.9. The summed E-state index contributed by atoms with van der Waals surface area (Å²) in [7, 11) is 0. The Kier molecular flexibility index (Phi) is 5.20. The van der Waals surface area contributed by atoms with Crippen LogP contribution in [0.1, 0.15) is 41.1 Å². The lowest BCUT2D eigenvalue weighted by Crippen LogP contribution is -2.49. The van der Waals surface area contributed by atoms with Gasteiger partial charge in [-0.05, 0) is 25.3 Å². The lowest BCUT2D eigenvalue weighted by atomic mass is 10.0. The molecule has 3 heterocycles. The maximum Gasteiger partial charge on any atom is 0.419 e. The van der Waals surface area contributed by atoms with Crippen LogP contribution in [0.4, 0.5) is 19.1 Å². The van der Waals surface area contributed by atoms with E-state index in [1.54, 1.807) is 16.7 Å². The van der Waals surface area contributed by atoms with Gasteiger partial charge >= 0.3 is 6.18 Å². The Morgan fingerprint density at radius 3 is 2.50 bits per heavy atom. The number of aromatic nitrogens is 4. The van der Waals surface area contributed by atoms with Crippen LogP contribution in [0.25, 0.3) is 0 Å². The third kappa shape index (κ3) is 3.88.